The van der Waals surface area contributed by atoms with E-state index >= 15 is 0 Å². The number of nitrogens with one attached hydrogen (secondary N) is 2. The Hall–Kier alpha value is -2.64. The first-order valence-electron chi connectivity index (χ1n) is 5.93. The van der Waals surface area contributed by atoms with Crippen molar-refractivity contribution in [3.63, 3.8) is 0 Å². The maximum Gasteiger partial charge on any atom is 0.224 e. The highest BCUT2D eigenvalue weighted by atomic mass is 15.3. The van der Waals surface area contributed by atoms with Crippen LogP contribution in [-0.2, 0) is 13.5 Å². The molecule has 0 aliphatic carbocycles. The number of imidazole rings is 1. The summed E-state index contributed by atoms with van der Waals surface area (Å²) >= 11 is 0. The van der Waals surface area contributed by atoms with Crippen LogP contribution in [0.3, 0.4) is 0 Å². The molecule has 0 saturated heterocycles. The average molecular weight is 258 g/mol. The van der Waals surface area contributed by atoms with E-state index in [1.165, 1.54) is 0 Å². The molecule has 0 aliphatic rings. The fraction of sp³-hybridized carbons (Fsp3) is 0.273. The number of H-pyrrole nitrogens is 1. The number of anilines is 3. The lowest BCUT2D eigenvalue weighted by molar-refractivity contribution is 0.746. The highest BCUT2D eigenvalue weighted by molar-refractivity contribution is 5.86. The average Bonchev–Trinajstić information content (AvgIpc) is 2.95. The van der Waals surface area contributed by atoms with Crippen LogP contribution in [0.1, 0.15) is 12.6 Å². The molecule has 4 N–H and O–H groups in total. The quantitative estimate of drug-likeness (QED) is 0.645. The van der Waals surface area contributed by atoms with Gasteiger partial charge in [-0.3, -0.25) is 4.68 Å². The molecule has 0 bridgehead atoms. The Morgan fingerprint density at radius 3 is 3.05 bits per heavy atom. The zero-order chi connectivity index (χ0) is 13.4. The van der Waals surface area contributed by atoms with E-state index in [4.69, 9.17) is 5.73 Å². The molecule has 0 fully saturated rings. The smallest absolute Gasteiger partial charge is 0.224 e. The lowest BCUT2D eigenvalue weighted by Crippen LogP contribution is -2.02. The molecular formula is C11H14N8. The predicted molar refractivity (Wildman–Crippen MR) is 72.0 cm³/mol. The van der Waals surface area contributed by atoms with Crippen molar-refractivity contribution < 1.29 is 0 Å². The first kappa shape index (κ1) is 11.5. The van der Waals surface area contributed by atoms with Crippen molar-refractivity contribution in [1.29, 1.82) is 0 Å². The topological polar surface area (TPSA) is 110 Å². The first-order chi connectivity index (χ1) is 9.17. The van der Waals surface area contributed by atoms with Gasteiger partial charge in [-0.25, -0.2) is 4.98 Å². The second-order valence-corrected chi connectivity index (χ2v) is 4.17. The van der Waals surface area contributed by atoms with E-state index in [1.807, 2.05) is 20.2 Å². The summed E-state index contributed by atoms with van der Waals surface area (Å²) in [5, 5.41) is 7.60. The van der Waals surface area contributed by atoms with Gasteiger partial charge in [-0.15, -0.1) is 0 Å². The van der Waals surface area contributed by atoms with E-state index in [2.05, 4.69) is 30.4 Å². The van der Waals surface area contributed by atoms with Crippen molar-refractivity contribution in [3.8, 4) is 0 Å². The molecule has 0 amide bonds. The van der Waals surface area contributed by atoms with Gasteiger partial charge in [-0.1, -0.05) is 6.92 Å². The molecule has 8 heteroatoms. The van der Waals surface area contributed by atoms with Crippen LogP contribution in [0.2, 0.25) is 0 Å². The molecule has 3 aromatic rings. The van der Waals surface area contributed by atoms with Crippen LogP contribution in [0.5, 0.6) is 0 Å². The predicted octanol–water partition coefficient (Wildman–Crippen LogP) is 0.975. The lowest BCUT2D eigenvalue weighted by atomic mass is 10.3. The van der Waals surface area contributed by atoms with Crippen LogP contribution in [0.4, 0.5) is 17.5 Å². The van der Waals surface area contributed by atoms with E-state index in [9.17, 15) is 0 Å². The SMILES string of the molecule is CCc1nn(C)cc1Nc1nc(N)nc2nc[nH]c12. The molecule has 0 radical (unpaired) electrons. The van der Waals surface area contributed by atoms with Crippen LogP contribution in [0.25, 0.3) is 11.2 Å². The van der Waals surface area contributed by atoms with Gasteiger partial charge in [0.05, 0.1) is 17.7 Å². The second kappa shape index (κ2) is 4.23. The molecule has 98 valence electrons. The van der Waals surface area contributed by atoms with Crippen molar-refractivity contribution in [1.82, 2.24) is 29.7 Å². The van der Waals surface area contributed by atoms with E-state index in [0.29, 0.717) is 11.5 Å². The molecule has 0 spiro atoms. The van der Waals surface area contributed by atoms with Gasteiger partial charge in [0.2, 0.25) is 5.95 Å². The Morgan fingerprint density at radius 1 is 1.42 bits per heavy atom. The van der Waals surface area contributed by atoms with Gasteiger partial charge in [0, 0.05) is 13.2 Å². The number of fused-ring (bicyclic) bond motifs is 1. The van der Waals surface area contributed by atoms with Gasteiger partial charge in [0.1, 0.15) is 5.52 Å². The number of hydrogen-bond donors (Lipinski definition) is 3. The minimum Gasteiger partial charge on any atom is -0.368 e. The molecule has 3 rings (SSSR count). The number of aromatic nitrogens is 6. The summed E-state index contributed by atoms with van der Waals surface area (Å²) in [6.07, 6.45) is 4.29. The highest BCUT2D eigenvalue weighted by Gasteiger charge is 2.12. The molecule has 0 unspecified atom stereocenters. The molecule has 0 atom stereocenters. The van der Waals surface area contributed by atoms with Crippen LogP contribution < -0.4 is 11.1 Å². The highest BCUT2D eigenvalue weighted by Crippen LogP contribution is 2.24. The third-order valence-corrected chi connectivity index (χ3v) is 2.80. The van der Waals surface area contributed by atoms with Crippen LogP contribution in [0, 0.1) is 0 Å². The van der Waals surface area contributed by atoms with E-state index in [0.717, 1.165) is 23.3 Å². The zero-order valence-electron chi connectivity index (χ0n) is 10.7. The number of nitrogen functional groups attached to an aromatic ring is 1. The van der Waals surface area contributed by atoms with Crippen LogP contribution >= 0.6 is 0 Å². The lowest BCUT2D eigenvalue weighted by Gasteiger charge is -2.05. The van der Waals surface area contributed by atoms with Crippen molar-refractivity contribution in [2.24, 2.45) is 7.05 Å². The van der Waals surface area contributed by atoms with Gasteiger partial charge in [0.25, 0.3) is 0 Å². The summed E-state index contributed by atoms with van der Waals surface area (Å²) in [7, 11) is 1.88. The summed E-state index contributed by atoms with van der Waals surface area (Å²) in [5.74, 6) is 0.784. The van der Waals surface area contributed by atoms with E-state index < -0.39 is 0 Å². The Labute approximate surface area is 109 Å². The first-order valence-corrected chi connectivity index (χ1v) is 5.93. The number of rotatable bonds is 3. The Balaban J connectivity index is 2.07. The molecule has 0 saturated carbocycles. The maximum atomic E-state index is 5.68. The van der Waals surface area contributed by atoms with Crippen molar-refractivity contribution in [2.75, 3.05) is 11.1 Å². The monoisotopic (exact) mass is 258 g/mol. The fourth-order valence-electron chi connectivity index (χ4n) is 1.97. The Bertz CT molecular complexity index is 725. The molecular weight excluding hydrogens is 244 g/mol. The van der Waals surface area contributed by atoms with Crippen molar-refractivity contribution in [2.45, 2.75) is 13.3 Å². The fourth-order valence-corrected chi connectivity index (χ4v) is 1.97. The minimum atomic E-state index is 0.184. The van der Waals surface area contributed by atoms with Gasteiger partial charge < -0.3 is 16.0 Å². The number of nitrogens with zero attached hydrogens (tertiary/aromatic N) is 5. The third kappa shape index (κ3) is 1.96. The van der Waals surface area contributed by atoms with E-state index in [1.54, 1.807) is 11.0 Å². The van der Waals surface area contributed by atoms with Gasteiger partial charge in [-0.2, -0.15) is 15.1 Å². The van der Waals surface area contributed by atoms with Crippen molar-refractivity contribution in [3.05, 3.63) is 18.2 Å². The van der Waals surface area contributed by atoms with Gasteiger partial charge in [0.15, 0.2) is 11.5 Å². The summed E-state index contributed by atoms with van der Waals surface area (Å²) in [5.41, 5.74) is 8.80. The maximum absolute atomic E-state index is 5.68. The number of nitrogens with two attached hydrogens (primary N) is 1. The third-order valence-electron chi connectivity index (χ3n) is 2.80. The molecule has 3 heterocycles. The Kier molecular flexibility index (Phi) is 2.55. The standard InChI is InChI=1S/C11H14N8/c1-3-6-7(4-19(2)18-6)15-10-8-9(14-5-13-8)16-11(12)17-10/h4-5H,3H2,1-2H3,(H4,12,13,14,15,16,17). The van der Waals surface area contributed by atoms with Crippen LogP contribution in [-0.4, -0.2) is 29.7 Å². The molecule has 19 heavy (non-hydrogen) atoms. The van der Waals surface area contributed by atoms with Gasteiger partial charge in [-0.05, 0) is 6.42 Å². The Morgan fingerprint density at radius 2 is 2.26 bits per heavy atom. The van der Waals surface area contributed by atoms with Crippen LogP contribution in [0.15, 0.2) is 12.5 Å². The summed E-state index contributed by atoms with van der Waals surface area (Å²) in [4.78, 5) is 15.3. The molecule has 0 aliphatic heterocycles. The number of hydrogen-bond acceptors (Lipinski definition) is 6. The number of aromatic amines is 1. The van der Waals surface area contributed by atoms with Gasteiger partial charge >= 0.3 is 0 Å². The van der Waals surface area contributed by atoms with E-state index in [-0.39, 0.29) is 5.95 Å². The summed E-state index contributed by atoms with van der Waals surface area (Å²) in [6, 6.07) is 0. The summed E-state index contributed by atoms with van der Waals surface area (Å²) < 4.78 is 1.76. The summed E-state index contributed by atoms with van der Waals surface area (Å²) in [6.45, 7) is 2.05. The normalized spacial score (nSPS) is 11.1. The number of aryl methyl sites for hydroxylation is 2. The molecule has 3 aromatic heterocycles. The molecule has 8 nitrogen and oxygen atoms in total. The second-order valence-electron chi connectivity index (χ2n) is 4.17. The largest absolute Gasteiger partial charge is 0.368 e. The minimum absolute atomic E-state index is 0.184. The zero-order valence-corrected chi connectivity index (χ0v) is 10.7. The van der Waals surface area contributed by atoms with Crippen molar-refractivity contribution >= 4 is 28.6 Å². The molecule has 0 aromatic carbocycles.